The molecule has 1 atom stereocenters. The van der Waals surface area contributed by atoms with Crippen molar-refractivity contribution in [2.75, 3.05) is 0 Å². The second kappa shape index (κ2) is 3.76. The van der Waals surface area contributed by atoms with E-state index in [9.17, 15) is 0 Å². The maximum Gasteiger partial charge on any atom is 0.0490 e. The van der Waals surface area contributed by atoms with Crippen molar-refractivity contribution in [2.24, 2.45) is 11.5 Å². The van der Waals surface area contributed by atoms with Crippen molar-refractivity contribution < 1.29 is 0 Å². The van der Waals surface area contributed by atoms with Crippen LogP contribution in [0.25, 0.3) is 0 Å². The molecule has 0 saturated carbocycles. The number of rotatable bonds is 2. The van der Waals surface area contributed by atoms with Crippen molar-refractivity contribution in [3.8, 4) is 0 Å². The molecule has 0 spiro atoms. The summed E-state index contributed by atoms with van der Waals surface area (Å²) >= 11 is 0. The third kappa shape index (κ3) is 1.75. The summed E-state index contributed by atoms with van der Waals surface area (Å²) < 4.78 is 0. The van der Waals surface area contributed by atoms with E-state index < -0.39 is 0 Å². The van der Waals surface area contributed by atoms with E-state index in [4.69, 9.17) is 11.5 Å². The minimum atomic E-state index is 0.0937. The third-order valence-corrected chi connectivity index (χ3v) is 1.82. The molecule has 12 heavy (non-hydrogen) atoms. The topological polar surface area (TPSA) is 64.9 Å². The van der Waals surface area contributed by atoms with Crippen LogP contribution in [0.4, 0.5) is 0 Å². The fourth-order valence-electron chi connectivity index (χ4n) is 0.947. The van der Waals surface area contributed by atoms with Crippen LogP contribution in [-0.4, -0.2) is 4.98 Å². The Balaban J connectivity index is 2.86. The second-order valence-electron chi connectivity index (χ2n) is 2.64. The molecule has 0 unspecified atom stereocenters. The third-order valence-electron chi connectivity index (χ3n) is 1.82. The van der Waals surface area contributed by atoms with Crippen molar-refractivity contribution in [3.05, 3.63) is 42.0 Å². The maximum atomic E-state index is 5.64. The van der Waals surface area contributed by atoms with Gasteiger partial charge in [0.05, 0.1) is 0 Å². The van der Waals surface area contributed by atoms with Crippen molar-refractivity contribution in [3.63, 3.8) is 0 Å². The van der Waals surface area contributed by atoms with E-state index in [1.54, 1.807) is 6.20 Å². The van der Waals surface area contributed by atoms with E-state index in [1.165, 1.54) is 6.20 Å². The van der Waals surface area contributed by atoms with E-state index in [1.807, 2.05) is 25.1 Å². The summed E-state index contributed by atoms with van der Waals surface area (Å²) in [6.45, 7) is 1.97. The predicted molar refractivity (Wildman–Crippen MR) is 49.1 cm³/mol. The first-order chi connectivity index (χ1) is 5.75. The zero-order valence-electron chi connectivity index (χ0n) is 7.07. The molecule has 0 aliphatic heterocycles. The molecule has 0 aliphatic carbocycles. The molecular weight excluding hydrogens is 150 g/mol. The molecular formula is C9H13N3. The van der Waals surface area contributed by atoms with Gasteiger partial charge < -0.3 is 11.5 Å². The normalized spacial score (nSPS) is 14.2. The first-order valence-corrected chi connectivity index (χ1v) is 3.84. The Bertz CT molecular complexity index is 266. The standard InChI is InChI=1S/C9H13N3/c1-7(8(11)6-10)9-4-2-3-5-12-9/h2-7H,10-11H2,1H3/b8-6+/t7-/m0/s1. The van der Waals surface area contributed by atoms with Crippen LogP contribution in [0.5, 0.6) is 0 Å². The Morgan fingerprint density at radius 1 is 1.58 bits per heavy atom. The van der Waals surface area contributed by atoms with Gasteiger partial charge in [-0.3, -0.25) is 4.98 Å². The smallest absolute Gasteiger partial charge is 0.0490 e. The van der Waals surface area contributed by atoms with Crippen LogP contribution in [0.2, 0.25) is 0 Å². The summed E-state index contributed by atoms with van der Waals surface area (Å²) in [6.07, 6.45) is 3.16. The molecule has 3 nitrogen and oxygen atoms in total. The Morgan fingerprint density at radius 2 is 2.33 bits per heavy atom. The van der Waals surface area contributed by atoms with Gasteiger partial charge in [0.15, 0.2) is 0 Å². The van der Waals surface area contributed by atoms with Crippen molar-refractivity contribution in [1.82, 2.24) is 4.98 Å². The van der Waals surface area contributed by atoms with Crippen molar-refractivity contribution >= 4 is 0 Å². The second-order valence-corrected chi connectivity index (χ2v) is 2.64. The zero-order chi connectivity index (χ0) is 8.97. The van der Waals surface area contributed by atoms with Gasteiger partial charge in [-0.2, -0.15) is 0 Å². The SMILES string of the molecule is C[C@@H](/C(N)=C\N)c1ccccn1. The highest BCUT2D eigenvalue weighted by atomic mass is 14.7. The number of hydrogen-bond acceptors (Lipinski definition) is 3. The van der Waals surface area contributed by atoms with Gasteiger partial charge in [-0.1, -0.05) is 13.0 Å². The molecule has 0 radical (unpaired) electrons. The van der Waals surface area contributed by atoms with Crippen LogP contribution >= 0.6 is 0 Å². The Labute approximate surface area is 72.1 Å². The minimum absolute atomic E-state index is 0.0937. The number of hydrogen-bond donors (Lipinski definition) is 2. The summed E-state index contributed by atoms with van der Waals surface area (Å²) in [6, 6.07) is 5.74. The van der Waals surface area contributed by atoms with Gasteiger partial charge >= 0.3 is 0 Å². The number of aromatic nitrogens is 1. The lowest BCUT2D eigenvalue weighted by Gasteiger charge is -2.09. The molecule has 0 aliphatic rings. The summed E-state index contributed by atoms with van der Waals surface area (Å²) in [5, 5.41) is 0. The molecule has 0 amide bonds. The summed E-state index contributed by atoms with van der Waals surface area (Å²) in [5.41, 5.74) is 12.5. The zero-order valence-corrected chi connectivity index (χ0v) is 7.07. The Kier molecular flexibility index (Phi) is 2.69. The van der Waals surface area contributed by atoms with Crippen LogP contribution < -0.4 is 11.5 Å². The highest BCUT2D eigenvalue weighted by molar-refractivity contribution is 5.19. The summed E-state index contributed by atoms with van der Waals surface area (Å²) in [5.74, 6) is 0.0937. The van der Waals surface area contributed by atoms with Crippen LogP contribution in [0.3, 0.4) is 0 Å². The molecule has 1 aromatic heterocycles. The van der Waals surface area contributed by atoms with Crippen LogP contribution in [0, 0.1) is 0 Å². The predicted octanol–water partition coefficient (Wildman–Crippen LogP) is 0.944. The fraction of sp³-hybridized carbons (Fsp3) is 0.222. The number of nitrogens with zero attached hydrogens (tertiary/aromatic N) is 1. The molecule has 1 rings (SSSR count). The molecule has 0 saturated heterocycles. The molecule has 3 heteroatoms. The lowest BCUT2D eigenvalue weighted by Crippen LogP contribution is -2.10. The van der Waals surface area contributed by atoms with Gasteiger partial charge in [0.2, 0.25) is 0 Å². The van der Waals surface area contributed by atoms with E-state index in [-0.39, 0.29) is 5.92 Å². The van der Waals surface area contributed by atoms with Gasteiger partial charge in [0.1, 0.15) is 0 Å². The lowest BCUT2D eigenvalue weighted by molar-refractivity contribution is 0.832. The van der Waals surface area contributed by atoms with Crippen LogP contribution in [0.15, 0.2) is 36.3 Å². The number of pyridine rings is 1. The maximum absolute atomic E-state index is 5.64. The molecule has 1 heterocycles. The van der Waals surface area contributed by atoms with E-state index in [0.29, 0.717) is 5.70 Å². The van der Waals surface area contributed by atoms with Gasteiger partial charge in [-0.05, 0) is 12.1 Å². The molecule has 0 aromatic carbocycles. The van der Waals surface area contributed by atoms with Gasteiger partial charge in [0.25, 0.3) is 0 Å². The van der Waals surface area contributed by atoms with Crippen molar-refractivity contribution in [1.29, 1.82) is 0 Å². The van der Waals surface area contributed by atoms with E-state index in [2.05, 4.69) is 4.98 Å². The number of nitrogens with two attached hydrogens (primary N) is 2. The summed E-state index contributed by atoms with van der Waals surface area (Å²) in [4.78, 5) is 4.17. The van der Waals surface area contributed by atoms with Crippen LogP contribution in [-0.2, 0) is 0 Å². The molecule has 1 aromatic rings. The Hall–Kier alpha value is -1.51. The molecule has 64 valence electrons. The molecule has 0 bridgehead atoms. The lowest BCUT2D eigenvalue weighted by atomic mass is 10.0. The average Bonchev–Trinajstić information content (AvgIpc) is 2.17. The molecule has 0 fully saturated rings. The van der Waals surface area contributed by atoms with E-state index >= 15 is 0 Å². The van der Waals surface area contributed by atoms with Crippen molar-refractivity contribution in [2.45, 2.75) is 12.8 Å². The van der Waals surface area contributed by atoms with E-state index in [0.717, 1.165) is 5.69 Å². The van der Waals surface area contributed by atoms with Crippen LogP contribution in [0.1, 0.15) is 18.5 Å². The highest BCUT2D eigenvalue weighted by Crippen LogP contribution is 2.16. The summed E-state index contributed by atoms with van der Waals surface area (Å²) in [7, 11) is 0. The number of allylic oxidation sites excluding steroid dienone is 1. The van der Waals surface area contributed by atoms with Gasteiger partial charge in [0, 0.05) is 29.7 Å². The average molecular weight is 163 g/mol. The van der Waals surface area contributed by atoms with Gasteiger partial charge in [-0.25, -0.2) is 0 Å². The quantitative estimate of drug-likeness (QED) is 0.682. The monoisotopic (exact) mass is 163 g/mol. The minimum Gasteiger partial charge on any atom is -0.403 e. The first-order valence-electron chi connectivity index (χ1n) is 3.84. The fourth-order valence-corrected chi connectivity index (χ4v) is 0.947. The first kappa shape index (κ1) is 8.59. The largest absolute Gasteiger partial charge is 0.403 e. The Morgan fingerprint density at radius 3 is 2.83 bits per heavy atom. The van der Waals surface area contributed by atoms with Gasteiger partial charge in [-0.15, -0.1) is 0 Å². The molecule has 4 N–H and O–H groups in total. The highest BCUT2D eigenvalue weighted by Gasteiger charge is 2.07.